The highest BCUT2D eigenvalue weighted by molar-refractivity contribution is 7.21. The Balaban J connectivity index is 1.56. The lowest BCUT2D eigenvalue weighted by atomic mass is 10.2. The molecule has 1 N–H and O–H groups in total. The van der Waals surface area contributed by atoms with Crippen LogP contribution in [0.1, 0.15) is 5.56 Å². The quantitative estimate of drug-likeness (QED) is 0.383. The van der Waals surface area contributed by atoms with Crippen LogP contribution in [-0.2, 0) is 24.4 Å². The number of aryl methyl sites for hydroxylation is 1. The van der Waals surface area contributed by atoms with Gasteiger partial charge in [0.25, 0.3) is 0 Å². The molecular weight excluding hydrogens is 466 g/mol. The average Bonchev–Trinajstić information content (AvgIpc) is 3.26. The summed E-state index contributed by atoms with van der Waals surface area (Å²) in [6, 6.07) is 13.2. The molecule has 0 radical (unpaired) electrons. The van der Waals surface area contributed by atoms with Gasteiger partial charge in [-0.15, -0.1) is 24.5 Å². The molecule has 0 aliphatic heterocycles. The molecule has 2 aromatic heterocycles. The number of hydrogen-bond acceptors (Lipinski definition) is 6. The van der Waals surface area contributed by atoms with Gasteiger partial charge in [0.15, 0.2) is 0 Å². The third kappa shape index (κ3) is 4.82. The Kier molecular flexibility index (Phi) is 6.74. The summed E-state index contributed by atoms with van der Waals surface area (Å²) in [7, 11) is 0. The summed E-state index contributed by atoms with van der Waals surface area (Å²) in [5.41, 5.74) is 0.960. The fraction of sp³-hybridized carbons (Fsp3) is 0.160. The predicted octanol–water partition coefficient (Wildman–Crippen LogP) is 2.77. The van der Waals surface area contributed by atoms with Crippen molar-refractivity contribution in [2.24, 2.45) is 0 Å². The van der Waals surface area contributed by atoms with Gasteiger partial charge in [-0.3, -0.25) is 4.79 Å². The number of benzene rings is 2. The van der Waals surface area contributed by atoms with Gasteiger partial charge in [0.1, 0.15) is 11.6 Å². The van der Waals surface area contributed by atoms with E-state index in [1.807, 2.05) is 31.2 Å². The first kappa shape index (κ1) is 23.8. The van der Waals surface area contributed by atoms with Crippen LogP contribution in [0, 0.1) is 6.92 Å². The summed E-state index contributed by atoms with van der Waals surface area (Å²) < 4.78 is 3.52. The minimum absolute atomic E-state index is 0.0937. The summed E-state index contributed by atoms with van der Waals surface area (Å²) in [5, 5.41) is 3.55. The van der Waals surface area contributed by atoms with E-state index < -0.39 is 29.5 Å². The van der Waals surface area contributed by atoms with Gasteiger partial charge in [0, 0.05) is 11.3 Å². The van der Waals surface area contributed by atoms with Crippen molar-refractivity contribution < 1.29 is 4.79 Å². The summed E-state index contributed by atoms with van der Waals surface area (Å²) >= 11 is 1.59. The molecule has 2 aromatic carbocycles. The molecule has 9 nitrogen and oxygen atoms in total. The van der Waals surface area contributed by atoms with Gasteiger partial charge in [-0.05, 0) is 48.9 Å². The second-order valence-electron chi connectivity index (χ2n) is 7.85. The number of thiazole rings is 1. The van der Waals surface area contributed by atoms with Crippen molar-refractivity contribution in [3.63, 3.8) is 0 Å². The molecule has 0 atom stereocenters. The van der Waals surface area contributed by atoms with Crippen molar-refractivity contribution in [2.75, 3.05) is 5.32 Å². The lowest BCUT2D eigenvalue weighted by Gasteiger charge is -2.12. The van der Waals surface area contributed by atoms with Gasteiger partial charge >= 0.3 is 17.1 Å². The van der Waals surface area contributed by atoms with Gasteiger partial charge in [-0.1, -0.05) is 18.2 Å². The van der Waals surface area contributed by atoms with Crippen LogP contribution in [0.15, 0.2) is 82.2 Å². The van der Waals surface area contributed by atoms with E-state index in [4.69, 9.17) is 0 Å². The van der Waals surface area contributed by atoms with Gasteiger partial charge in [-0.2, -0.15) is 0 Å². The number of aromatic nitrogens is 4. The third-order valence-corrected chi connectivity index (χ3v) is 6.34. The number of anilines is 1. The fourth-order valence-corrected chi connectivity index (χ4v) is 4.65. The third-order valence-electron chi connectivity index (χ3n) is 5.27. The van der Waals surface area contributed by atoms with Crippen LogP contribution < -0.4 is 22.4 Å². The predicted molar refractivity (Wildman–Crippen MR) is 138 cm³/mol. The van der Waals surface area contributed by atoms with Gasteiger partial charge in [0.05, 0.1) is 23.3 Å². The van der Waals surface area contributed by atoms with Gasteiger partial charge in [-0.25, -0.2) is 33.1 Å². The van der Waals surface area contributed by atoms with Crippen molar-refractivity contribution >= 4 is 33.1 Å². The van der Waals surface area contributed by atoms with E-state index in [0.29, 0.717) is 5.69 Å². The number of fused-ring (bicyclic) bond motifs is 1. The lowest BCUT2D eigenvalue weighted by molar-refractivity contribution is -0.116. The monoisotopic (exact) mass is 489 g/mol. The average molecular weight is 490 g/mol. The molecule has 0 aliphatic rings. The van der Waals surface area contributed by atoms with Crippen LogP contribution in [0.2, 0.25) is 0 Å². The molecule has 178 valence electrons. The lowest BCUT2D eigenvalue weighted by Crippen LogP contribution is -2.55. The molecule has 0 bridgehead atoms. The fourth-order valence-electron chi connectivity index (χ4n) is 3.58. The van der Waals surface area contributed by atoms with E-state index >= 15 is 0 Å². The Morgan fingerprint density at radius 3 is 2.14 bits per heavy atom. The molecule has 4 rings (SSSR count). The Morgan fingerprint density at radius 2 is 1.54 bits per heavy atom. The van der Waals surface area contributed by atoms with Gasteiger partial charge in [0.2, 0.25) is 5.91 Å². The van der Waals surface area contributed by atoms with Crippen molar-refractivity contribution in [2.45, 2.75) is 26.6 Å². The zero-order chi connectivity index (χ0) is 25.1. The van der Waals surface area contributed by atoms with Crippen LogP contribution in [0.25, 0.3) is 20.8 Å². The Bertz CT molecular complexity index is 1570. The van der Waals surface area contributed by atoms with E-state index in [0.717, 1.165) is 34.5 Å². The molecule has 1 amide bonds. The maximum Gasteiger partial charge on any atom is 0.337 e. The van der Waals surface area contributed by atoms with Crippen LogP contribution in [-0.4, -0.2) is 24.6 Å². The number of nitrogens with one attached hydrogen (secondary N) is 1. The molecule has 35 heavy (non-hydrogen) atoms. The zero-order valence-electron chi connectivity index (χ0n) is 19.1. The second-order valence-corrected chi connectivity index (χ2v) is 8.88. The first-order chi connectivity index (χ1) is 16.8. The van der Waals surface area contributed by atoms with E-state index in [2.05, 4.69) is 29.5 Å². The number of nitrogens with zero attached hydrogens (tertiary/aromatic N) is 4. The molecule has 0 fully saturated rings. The number of allylic oxidation sites excluding steroid dienone is 2. The molecule has 0 aliphatic carbocycles. The highest BCUT2D eigenvalue weighted by Gasteiger charge is 2.17. The highest BCUT2D eigenvalue weighted by atomic mass is 32.1. The molecular formula is C25H23N5O4S. The number of carbonyl (C=O) groups excluding carboxylic acids is 1. The van der Waals surface area contributed by atoms with E-state index in [-0.39, 0.29) is 13.1 Å². The molecule has 2 heterocycles. The maximum absolute atomic E-state index is 12.7. The van der Waals surface area contributed by atoms with Crippen LogP contribution in [0.4, 0.5) is 5.69 Å². The van der Waals surface area contributed by atoms with Crippen LogP contribution in [0.5, 0.6) is 0 Å². The number of carbonyl (C=O) groups is 1. The number of rotatable bonds is 8. The molecule has 0 unspecified atom stereocenters. The first-order valence-electron chi connectivity index (χ1n) is 10.8. The zero-order valence-corrected chi connectivity index (χ0v) is 19.9. The smallest absolute Gasteiger partial charge is 0.325 e. The van der Waals surface area contributed by atoms with Crippen molar-refractivity contribution in [1.29, 1.82) is 0 Å². The molecule has 4 aromatic rings. The summed E-state index contributed by atoms with van der Waals surface area (Å²) in [4.78, 5) is 55.2. The minimum atomic E-state index is -0.878. The van der Waals surface area contributed by atoms with Gasteiger partial charge < -0.3 is 5.32 Å². The number of hydrogen-bond donors (Lipinski definition) is 1. The molecule has 0 spiro atoms. The van der Waals surface area contributed by atoms with E-state index in [1.54, 1.807) is 23.5 Å². The molecule has 0 saturated carbocycles. The molecule has 0 saturated heterocycles. The Hall–Kier alpha value is -4.31. The molecule has 10 heteroatoms. The van der Waals surface area contributed by atoms with Crippen LogP contribution >= 0.6 is 11.3 Å². The normalized spacial score (nSPS) is 10.9. The maximum atomic E-state index is 12.7. The summed E-state index contributed by atoms with van der Waals surface area (Å²) in [6.07, 6.45) is 2.73. The highest BCUT2D eigenvalue weighted by Crippen LogP contribution is 2.31. The van der Waals surface area contributed by atoms with Crippen LogP contribution in [0.3, 0.4) is 0 Å². The topological polar surface area (TPSA) is 108 Å². The first-order valence-corrected chi connectivity index (χ1v) is 11.6. The van der Waals surface area contributed by atoms with Crippen molar-refractivity contribution in [3.05, 3.63) is 105 Å². The minimum Gasteiger partial charge on any atom is -0.325 e. The SMILES string of the molecule is C=CCn1c(=O)n(CC=C)c(=O)n(CC(=O)Nc2ccc(-c3nc4ccc(C)cc4s3)cc2)c1=O. The summed E-state index contributed by atoms with van der Waals surface area (Å²) in [5.74, 6) is -0.582. The largest absolute Gasteiger partial charge is 0.337 e. The van der Waals surface area contributed by atoms with Crippen molar-refractivity contribution in [1.82, 2.24) is 18.7 Å². The van der Waals surface area contributed by atoms with E-state index in [9.17, 15) is 19.2 Å². The van der Waals surface area contributed by atoms with Crippen molar-refractivity contribution in [3.8, 4) is 10.6 Å². The number of amides is 1. The Labute approximate surface area is 203 Å². The standard InChI is InChI=1S/C25H23N5O4S/c1-4-12-28-23(32)29(13-5-2)25(34)30(24(28)33)15-21(31)26-18-9-7-17(8-10-18)22-27-19-11-6-16(3)14-20(19)35-22/h4-11,14H,1-2,12-13,15H2,3H3,(H,26,31). The van der Waals surface area contributed by atoms with E-state index in [1.165, 1.54) is 17.7 Å². The summed E-state index contributed by atoms with van der Waals surface area (Å²) in [6.45, 7) is 8.36. The second kappa shape index (κ2) is 9.90. The Morgan fingerprint density at radius 1 is 0.943 bits per heavy atom.